The van der Waals surface area contributed by atoms with Gasteiger partial charge in [0.15, 0.2) is 0 Å². The molecular weight excluding hydrogens is 464 g/mol. The fourth-order valence-electron chi connectivity index (χ4n) is 4.25. The molecule has 0 bridgehead atoms. The first kappa shape index (κ1) is 24.0. The predicted octanol–water partition coefficient (Wildman–Crippen LogP) is 7.26. The van der Waals surface area contributed by atoms with Crippen LogP contribution in [0, 0.1) is 0 Å². The number of fused-ring (bicyclic) bond motifs is 1. The van der Waals surface area contributed by atoms with Crippen LogP contribution >= 0.6 is 0 Å². The van der Waals surface area contributed by atoms with E-state index in [2.05, 4.69) is 4.98 Å². The highest BCUT2D eigenvalue weighted by molar-refractivity contribution is 5.84. The Hall–Kier alpha value is -4.71. The Morgan fingerprint density at radius 1 is 0.784 bits per heavy atom. The molecule has 0 saturated heterocycles. The molecule has 6 nitrogen and oxygen atoms in total. The third-order valence-electron chi connectivity index (χ3n) is 6.16. The summed E-state index contributed by atoms with van der Waals surface area (Å²) >= 11 is 0. The maximum atomic E-state index is 12.0. The van der Waals surface area contributed by atoms with Gasteiger partial charge in [0.1, 0.15) is 23.9 Å². The number of carbonyl (C=O) groups is 1. The fraction of sp³-hybridized carbons (Fsp3) is 0.129. The van der Waals surface area contributed by atoms with Gasteiger partial charge in [0.25, 0.3) is 0 Å². The Morgan fingerprint density at radius 2 is 1.51 bits per heavy atom. The normalized spacial score (nSPS) is 10.8. The van der Waals surface area contributed by atoms with Gasteiger partial charge in [-0.25, -0.2) is 4.79 Å². The molecule has 0 aliphatic heterocycles. The second-order valence-electron chi connectivity index (χ2n) is 8.81. The van der Waals surface area contributed by atoms with Crippen LogP contribution in [0.1, 0.15) is 16.7 Å². The standard InChI is InChI=1S/C31H28N2O4/c34-31(35)33(21-24-10-7-13-28(18-24)37-26-11-5-2-6-12-26)17-16-25-20-32-30-15-14-27(19-29(25)30)36-22-23-8-3-1-4-9-23/h1-15,18-20,32H,16-17,21-22H2,(H,34,35). The van der Waals surface area contributed by atoms with Crippen molar-refractivity contribution in [3.63, 3.8) is 0 Å². The van der Waals surface area contributed by atoms with Gasteiger partial charge < -0.3 is 24.5 Å². The van der Waals surface area contributed by atoms with Gasteiger partial charge in [-0.3, -0.25) is 0 Å². The zero-order chi connectivity index (χ0) is 25.5. The predicted molar refractivity (Wildman–Crippen MR) is 144 cm³/mol. The summed E-state index contributed by atoms with van der Waals surface area (Å²) in [7, 11) is 0. The molecule has 0 aliphatic rings. The number of aromatic amines is 1. The summed E-state index contributed by atoms with van der Waals surface area (Å²) in [5, 5.41) is 10.9. The van der Waals surface area contributed by atoms with E-state index < -0.39 is 6.09 Å². The van der Waals surface area contributed by atoms with E-state index >= 15 is 0 Å². The number of aromatic nitrogens is 1. The Labute approximate surface area is 215 Å². The molecule has 2 N–H and O–H groups in total. The highest BCUT2D eigenvalue weighted by Gasteiger charge is 2.15. The molecule has 0 fully saturated rings. The smallest absolute Gasteiger partial charge is 0.407 e. The Bertz CT molecular complexity index is 1460. The molecule has 0 saturated carbocycles. The van der Waals surface area contributed by atoms with Crippen molar-refractivity contribution >= 4 is 17.0 Å². The fourth-order valence-corrected chi connectivity index (χ4v) is 4.25. The van der Waals surface area contributed by atoms with Gasteiger partial charge in [0.05, 0.1) is 0 Å². The van der Waals surface area contributed by atoms with Gasteiger partial charge in [0, 0.05) is 30.2 Å². The van der Waals surface area contributed by atoms with Crippen LogP contribution in [0.3, 0.4) is 0 Å². The van der Waals surface area contributed by atoms with Gasteiger partial charge in [-0.2, -0.15) is 0 Å². The van der Waals surface area contributed by atoms with Crippen LogP contribution in [0.5, 0.6) is 17.2 Å². The number of hydrogen-bond acceptors (Lipinski definition) is 3. The highest BCUT2D eigenvalue weighted by Crippen LogP contribution is 2.26. The number of rotatable bonds is 10. The van der Waals surface area contributed by atoms with Crippen molar-refractivity contribution in [2.45, 2.75) is 19.6 Å². The zero-order valence-electron chi connectivity index (χ0n) is 20.3. The third kappa shape index (κ3) is 6.30. The lowest BCUT2D eigenvalue weighted by atomic mass is 10.1. The minimum Gasteiger partial charge on any atom is -0.489 e. The molecule has 6 heteroatoms. The van der Waals surface area contributed by atoms with E-state index in [1.165, 1.54) is 4.90 Å². The lowest BCUT2D eigenvalue weighted by Crippen LogP contribution is -2.30. The molecular formula is C31H28N2O4. The largest absolute Gasteiger partial charge is 0.489 e. The second-order valence-corrected chi connectivity index (χ2v) is 8.81. The van der Waals surface area contributed by atoms with E-state index in [1.54, 1.807) is 0 Å². The number of para-hydroxylation sites is 1. The number of amides is 1. The summed E-state index contributed by atoms with van der Waals surface area (Å²) in [5.41, 5.74) is 4.01. The quantitative estimate of drug-likeness (QED) is 0.215. The molecule has 37 heavy (non-hydrogen) atoms. The molecule has 0 atom stereocenters. The Morgan fingerprint density at radius 3 is 2.30 bits per heavy atom. The summed E-state index contributed by atoms with van der Waals surface area (Å²) in [4.78, 5) is 16.8. The summed E-state index contributed by atoms with van der Waals surface area (Å²) in [5.74, 6) is 2.19. The number of hydrogen-bond donors (Lipinski definition) is 2. The van der Waals surface area contributed by atoms with Crippen LogP contribution in [-0.2, 0) is 19.6 Å². The molecule has 0 aliphatic carbocycles. The third-order valence-corrected chi connectivity index (χ3v) is 6.16. The maximum Gasteiger partial charge on any atom is 0.407 e. The first-order valence-corrected chi connectivity index (χ1v) is 12.2. The van der Waals surface area contributed by atoms with Gasteiger partial charge in [-0.05, 0) is 65.6 Å². The van der Waals surface area contributed by atoms with E-state index in [0.717, 1.165) is 39.1 Å². The van der Waals surface area contributed by atoms with E-state index in [1.807, 2.05) is 109 Å². The highest BCUT2D eigenvalue weighted by atomic mass is 16.5. The van der Waals surface area contributed by atoms with Crippen molar-refractivity contribution in [1.82, 2.24) is 9.88 Å². The summed E-state index contributed by atoms with van der Waals surface area (Å²) in [6.45, 7) is 1.13. The van der Waals surface area contributed by atoms with E-state index in [0.29, 0.717) is 25.3 Å². The van der Waals surface area contributed by atoms with Crippen molar-refractivity contribution in [2.24, 2.45) is 0 Å². The minimum absolute atomic E-state index is 0.273. The second kappa shape index (κ2) is 11.4. The summed E-state index contributed by atoms with van der Waals surface area (Å²) < 4.78 is 11.9. The number of benzene rings is 4. The first-order chi connectivity index (χ1) is 18.1. The monoisotopic (exact) mass is 492 g/mol. The number of H-pyrrole nitrogens is 1. The Balaban J connectivity index is 1.24. The molecule has 5 aromatic rings. The van der Waals surface area contributed by atoms with Gasteiger partial charge in [-0.15, -0.1) is 0 Å². The average Bonchev–Trinajstić information content (AvgIpc) is 3.33. The number of nitrogens with one attached hydrogen (secondary N) is 1. The van der Waals surface area contributed by atoms with Gasteiger partial charge in [-0.1, -0.05) is 60.7 Å². The molecule has 4 aromatic carbocycles. The lowest BCUT2D eigenvalue weighted by molar-refractivity contribution is 0.143. The minimum atomic E-state index is -0.957. The molecule has 0 spiro atoms. The van der Waals surface area contributed by atoms with Gasteiger partial charge in [0.2, 0.25) is 0 Å². The number of ether oxygens (including phenoxy) is 2. The first-order valence-electron chi connectivity index (χ1n) is 12.2. The molecule has 186 valence electrons. The van der Waals surface area contributed by atoms with Crippen LogP contribution in [-0.4, -0.2) is 27.6 Å². The topological polar surface area (TPSA) is 74.8 Å². The zero-order valence-corrected chi connectivity index (χ0v) is 20.3. The number of nitrogens with zero attached hydrogens (tertiary/aromatic N) is 1. The van der Waals surface area contributed by atoms with Crippen LogP contribution < -0.4 is 9.47 Å². The number of carboxylic acid groups (broad SMARTS) is 1. The van der Waals surface area contributed by atoms with E-state index in [-0.39, 0.29) is 6.54 Å². The van der Waals surface area contributed by atoms with Crippen LogP contribution in [0.15, 0.2) is 109 Å². The van der Waals surface area contributed by atoms with Crippen LogP contribution in [0.4, 0.5) is 4.79 Å². The van der Waals surface area contributed by atoms with Gasteiger partial charge >= 0.3 is 6.09 Å². The molecule has 1 aromatic heterocycles. The van der Waals surface area contributed by atoms with Crippen LogP contribution in [0.2, 0.25) is 0 Å². The van der Waals surface area contributed by atoms with Crippen LogP contribution in [0.25, 0.3) is 10.9 Å². The summed E-state index contributed by atoms with van der Waals surface area (Å²) in [6, 6.07) is 33.0. The molecule has 5 rings (SSSR count). The summed E-state index contributed by atoms with van der Waals surface area (Å²) in [6.07, 6.45) is 1.57. The van der Waals surface area contributed by atoms with E-state index in [4.69, 9.17) is 9.47 Å². The molecule has 0 unspecified atom stereocenters. The molecule has 1 heterocycles. The maximum absolute atomic E-state index is 12.0. The Kier molecular flexibility index (Phi) is 7.36. The van der Waals surface area contributed by atoms with Crippen molar-refractivity contribution in [2.75, 3.05) is 6.54 Å². The lowest BCUT2D eigenvalue weighted by Gasteiger charge is -2.19. The van der Waals surface area contributed by atoms with E-state index in [9.17, 15) is 9.90 Å². The molecule has 0 radical (unpaired) electrons. The molecule has 1 amide bonds. The van der Waals surface area contributed by atoms with Crippen molar-refractivity contribution in [3.05, 3.63) is 126 Å². The average molecular weight is 493 g/mol. The SMILES string of the molecule is O=C(O)N(CCc1c[nH]c2ccc(OCc3ccccc3)cc12)Cc1cccc(Oc2ccccc2)c1. The van der Waals surface area contributed by atoms with Crippen molar-refractivity contribution in [1.29, 1.82) is 0 Å². The van der Waals surface area contributed by atoms with Crippen molar-refractivity contribution < 1.29 is 19.4 Å². The van der Waals surface area contributed by atoms with Crippen molar-refractivity contribution in [3.8, 4) is 17.2 Å².